The lowest BCUT2D eigenvalue weighted by atomic mass is 10.2. The zero-order chi connectivity index (χ0) is 90.6. The van der Waals surface area contributed by atoms with E-state index >= 15 is 0 Å². The standard InChI is InChI=1S/C28H43O5PSi.C21H28O2Si.C12H25O5P.C11H15ClN5O4P.C11H17N6O4P/c1-9-25(20-30-22-34(29,32-23(2)3)33-24(4)5)21-31-35(28(6,7)8,26-16-12-10-13-17-26)27-18-14-11-15-19-27;1-5-18(16-22)17-23-24(21(2,3)4,19-12-8-6-9-13-19)20-14-10-7-11-15-20;1-6-12(7-13)8-15-9-18(14,16-10(2)3)17-11(4)5;2*1-2-7(4-21-6-22(18,19)20)3-17-5-14-8-9(12)15-11(13)16-10(8)17/h9-19,23-24H,20-22H2,1-8H3;5-15,22H,16-17H2,1-4H3;6,10-11,13H,7-9H2,1-5H3;2,5H,3-4,6H2,1H3,(H2,13,15,16)(H2,18,19,20);2,5H,3-4,6H2,1H3,(H2,18,19,20)(H4,12,13,15,16)/b25-9-;18-5-;12-6+;2*7-2+. The summed E-state index contributed by atoms with van der Waals surface area (Å²) in [4.78, 5) is 59.2. The van der Waals surface area contributed by atoms with Gasteiger partial charge in [-0.3, -0.25) is 18.3 Å². The lowest BCUT2D eigenvalue weighted by Gasteiger charge is -2.43. The van der Waals surface area contributed by atoms with Crippen molar-refractivity contribution in [1.82, 2.24) is 39.0 Å². The van der Waals surface area contributed by atoms with Crippen molar-refractivity contribution < 1.29 is 93.9 Å². The number of ether oxygens (including phenoxy) is 4. The Balaban J connectivity index is 0.000000324. The van der Waals surface area contributed by atoms with Gasteiger partial charge in [-0.1, -0.05) is 205 Å². The van der Waals surface area contributed by atoms with Crippen molar-refractivity contribution in [2.75, 3.05) is 95.4 Å². The second-order valence-electron chi connectivity index (χ2n) is 31.0. The molecule has 31 nitrogen and oxygen atoms in total. The molecule has 0 atom stereocenters. The minimum atomic E-state index is -4.18. The summed E-state index contributed by atoms with van der Waals surface area (Å²) in [7, 11) is -20.1. The SMILES string of the molecule is C/C=C(/CO)CO[Si](c1ccccc1)(c1ccccc1)C(C)(C)C.C/C=C(/COCP(=O)(O)O)Cn1cnc2c(Cl)nc(N)nc21.C/C=C(/COCP(=O)(O)O)Cn1cnc2c(N)nc(N)nc21.C/C=C(/COCP(=O)(OC(C)C)OC(C)C)CO[Si](c1ccccc1)(c1ccccc1)C(C)(C)C.C/C=C(\CO)COCP(=O)(OC(C)C)OC(C)C. The molecule has 12 N–H and O–H groups in total. The zero-order valence-corrected chi connectivity index (χ0v) is 79.5. The largest absolute Gasteiger partial charge is 0.403 e. The highest BCUT2D eigenvalue weighted by molar-refractivity contribution is 7.54. The third kappa shape index (κ3) is 35.2. The van der Waals surface area contributed by atoms with Crippen molar-refractivity contribution >= 4 is 119 Å². The summed E-state index contributed by atoms with van der Waals surface area (Å²) in [5, 5.41) is 23.5. The maximum Gasteiger partial charge on any atom is 0.356 e. The molecule has 0 aliphatic rings. The van der Waals surface area contributed by atoms with E-state index in [2.05, 4.69) is 169 Å². The summed E-state index contributed by atoms with van der Waals surface area (Å²) in [6.45, 7) is 39.7. The first-order valence-corrected chi connectivity index (χ1v) is 50.7. The topological polar surface area (TPSA) is 447 Å². The van der Waals surface area contributed by atoms with Crippen LogP contribution in [0.4, 0.5) is 17.7 Å². The molecule has 0 bridgehead atoms. The van der Waals surface area contributed by atoms with Crippen molar-refractivity contribution in [2.45, 2.75) is 179 Å². The minimum Gasteiger partial charge on any atom is -0.403 e. The van der Waals surface area contributed by atoms with Gasteiger partial charge in [0.1, 0.15) is 36.4 Å². The molecule has 0 saturated heterocycles. The van der Waals surface area contributed by atoms with E-state index in [0.717, 1.165) is 27.9 Å². The van der Waals surface area contributed by atoms with Gasteiger partial charge in [0.05, 0.1) is 89.9 Å². The van der Waals surface area contributed by atoms with E-state index in [0.29, 0.717) is 55.2 Å². The minimum absolute atomic E-state index is 0.0364. The molecule has 4 aromatic heterocycles. The predicted molar refractivity (Wildman–Crippen MR) is 486 cm³/mol. The van der Waals surface area contributed by atoms with Crippen LogP contribution < -0.4 is 37.9 Å². The second kappa shape index (κ2) is 50.9. The summed E-state index contributed by atoms with van der Waals surface area (Å²) in [6, 6.07) is 42.2. The van der Waals surface area contributed by atoms with Crippen molar-refractivity contribution in [3.8, 4) is 0 Å². The van der Waals surface area contributed by atoms with Gasteiger partial charge in [0, 0.05) is 13.1 Å². The van der Waals surface area contributed by atoms with Gasteiger partial charge in [-0.05, 0) is 149 Å². The van der Waals surface area contributed by atoms with Gasteiger partial charge < -0.3 is 102 Å². The molecule has 0 aliphatic heterocycles. The summed E-state index contributed by atoms with van der Waals surface area (Å²) >= 11 is 5.95. The number of nitrogens with two attached hydrogens (primary N) is 3. The Kier molecular flexibility index (Phi) is 44.8. The molecule has 0 spiro atoms. The molecule has 8 rings (SSSR count). The lowest BCUT2D eigenvalue weighted by molar-refractivity contribution is 0.103. The molecule has 0 radical (unpaired) electrons. The second-order valence-corrected chi connectivity index (χ2v) is 46.9. The molecular formula is C83H128ClN11O20P4Si2. The maximum absolute atomic E-state index is 13.1. The van der Waals surface area contributed by atoms with Crippen molar-refractivity contribution in [3.05, 3.63) is 197 Å². The van der Waals surface area contributed by atoms with Gasteiger partial charge in [0.15, 0.2) is 22.3 Å². The summed E-state index contributed by atoms with van der Waals surface area (Å²) in [6.07, 6.45) is 10.1. The molecule has 0 amide bonds. The van der Waals surface area contributed by atoms with E-state index in [9.17, 15) is 23.4 Å². The van der Waals surface area contributed by atoms with E-state index in [1.54, 1.807) is 75.2 Å². The molecule has 121 heavy (non-hydrogen) atoms. The number of hydrogen-bond acceptors (Lipinski definition) is 25. The number of nitrogen functional groups attached to an aromatic ring is 3. The Morgan fingerprint density at radius 2 is 0.702 bits per heavy atom. The number of fused-ring (bicyclic) bond motifs is 2. The van der Waals surface area contributed by atoms with Gasteiger partial charge in [0.2, 0.25) is 11.9 Å². The number of hydrogen-bond donors (Lipinski definition) is 9. The number of imidazole rings is 2. The molecule has 4 aromatic carbocycles. The van der Waals surface area contributed by atoms with Crippen LogP contribution in [0.2, 0.25) is 15.2 Å². The smallest absolute Gasteiger partial charge is 0.356 e. The van der Waals surface area contributed by atoms with E-state index < -0.39 is 59.7 Å². The van der Waals surface area contributed by atoms with Crippen molar-refractivity contribution in [2.24, 2.45) is 0 Å². The Morgan fingerprint density at radius 3 is 1.01 bits per heavy atom. The summed E-state index contributed by atoms with van der Waals surface area (Å²) in [5.41, 5.74) is 22.9. The number of benzene rings is 4. The van der Waals surface area contributed by atoms with Crippen LogP contribution in [-0.4, -0.2) is 188 Å². The monoisotopic (exact) mass is 1810 g/mol. The number of anilines is 3. The highest BCUT2D eigenvalue weighted by Crippen LogP contribution is 2.52. The first-order valence-electron chi connectivity index (χ1n) is 39.4. The molecule has 0 aliphatic carbocycles. The van der Waals surface area contributed by atoms with E-state index in [4.69, 9.17) is 99.4 Å². The van der Waals surface area contributed by atoms with Crippen LogP contribution in [0.25, 0.3) is 22.3 Å². The zero-order valence-electron chi connectivity index (χ0n) is 73.2. The first-order chi connectivity index (χ1) is 56.8. The van der Waals surface area contributed by atoms with Crippen molar-refractivity contribution in [1.29, 1.82) is 0 Å². The van der Waals surface area contributed by atoms with Gasteiger partial charge in [-0.2, -0.15) is 19.9 Å². The van der Waals surface area contributed by atoms with E-state index in [-0.39, 0.29) is 103 Å². The van der Waals surface area contributed by atoms with Crippen LogP contribution >= 0.6 is 42.0 Å². The van der Waals surface area contributed by atoms with E-state index in [1.165, 1.54) is 27.1 Å². The number of aromatic nitrogens is 8. The van der Waals surface area contributed by atoms with Gasteiger partial charge in [-0.25, -0.2) is 9.97 Å². The first kappa shape index (κ1) is 106. The van der Waals surface area contributed by atoms with Crippen LogP contribution in [0.1, 0.15) is 132 Å². The van der Waals surface area contributed by atoms with Crippen LogP contribution in [0.3, 0.4) is 0 Å². The predicted octanol–water partition coefficient (Wildman–Crippen LogP) is 14.2. The molecule has 38 heteroatoms. The molecule has 0 saturated carbocycles. The third-order valence-electron chi connectivity index (χ3n) is 17.6. The molecule has 4 heterocycles. The number of allylic oxidation sites excluding steroid dienone is 5. The molecule has 0 unspecified atom stereocenters. The third-order valence-corrected chi connectivity index (χ3v) is 32.8. The maximum atomic E-state index is 13.1. The Bertz CT molecular complexity index is 4580. The Labute approximate surface area is 720 Å². The number of aliphatic hydroxyl groups excluding tert-OH is 2. The molecular weight excluding hydrogens is 1690 g/mol. The van der Waals surface area contributed by atoms with Crippen LogP contribution in [0.15, 0.2) is 192 Å². The van der Waals surface area contributed by atoms with E-state index in [1.807, 2.05) is 84.9 Å². The summed E-state index contributed by atoms with van der Waals surface area (Å²) in [5.74, 6) is 0.284. The van der Waals surface area contributed by atoms with Crippen LogP contribution in [0.5, 0.6) is 0 Å². The molecule has 8 aromatic rings. The van der Waals surface area contributed by atoms with Crippen LogP contribution in [-0.2, 0) is 77.2 Å². The fourth-order valence-electron chi connectivity index (χ4n) is 12.2. The fourth-order valence-corrected chi connectivity index (χ4v) is 25.8. The summed E-state index contributed by atoms with van der Waals surface area (Å²) < 4.78 is 107. The molecule has 0 fully saturated rings. The highest BCUT2D eigenvalue weighted by Gasteiger charge is 2.51. The van der Waals surface area contributed by atoms with Gasteiger partial charge >= 0.3 is 30.4 Å². The normalized spacial score (nSPS) is 13.3. The quantitative estimate of drug-likeness (QED) is 0.00745. The van der Waals surface area contributed by atoms with Crippen molar-refractivity contribution in [3.63, 3.8) is 0 Å². The Morgan fingerprint density at radius 1 is 0.421 bits per heavy atom. The van der Waals surface area contributed by atoms with Gasteiger partial charge in [-0.15, -0.1) is 0 Å². The fraction of sp³-hybridized carbons (Fsp3) is 0.470. The lowest BCUT2D eigenvalue weighted by Crippen LogP contribution is -2.66. The number of nitrogens with zero attached hydrogens (tertiary/aromatic N) is 8. The number of rotatable bonds is 40. The average molecular weight is 1820 g/mol. The Hall–Kier alpha value is -6.92. The number of halogens is 1. The highest BCUT2D eigenvalue weighted by atomic mass is 35.5. The van der Waals surface area contributed by atoms with Crippen LogP contribution in [0, 0.1) is 0 Å². The molecule has 670 valence electrons. The number of aliphatic hydroxyl groups is 2. The average Bonchev–Trinajstić information content (AvgIpc) is 1.17. The van der Waals surface area contributed by atoms with Gasteiger partial charge in [0.25, 0.3) is 16.6 Å².